The number of para-hydroxylation sites is 1. The van der Waals surface area contributed by atoms with E-state index in [9.17, 15) is 9.90 Å². The number of fused-ring (bicyclic) bond motifs is 4. The maximum absolute atomic E-state index is 15.2. The summed E-state index contributed by atoms with van der Waals surface area (Å²) in [5.41, 5.74) is 9.78. The van der Waals surface area contributed by atoms with E-state index in [0.717, 1.165) is 93.5 Å². The van der Waals surface area contributed by atoms with Crippen molar-refractivity contribution in [2.24, 2.45) is 13.0 Å². The van der Waals surface area contributed by atoms with Crippen LogP contribution in [0.1, 0.15) is 81.2 Å². The van der Waals surface area contributed by atoms with E-state index in [4.69, 9.17) is 37.8 Å². The van der Waals surface area contributed by atoms with Crippen LogP contribution in [0, 0.1) is 33.6 Å². The Kier molecular flexibility index (Phi) is 10.2. The van der Waals surface area contributed by atoms with E-state index in [1.807, 2.05) is 69.1 Å². The number of ether oxygens (including phenoxy) is 2. The Balaban J connectivity index is 1.26. The van der Waals surface area contributed by atoms with Crippen molar-refractivity contribution in [3.63, 3.8) is 0 Å². The second-order valence-corrected chi connectivity index (χ2v) is 16.3. The zero-order valence-corrected chi connectivity index (χ0v) is 34.2. The lowest BCUT2D eigenvalue weighted by Crippen LogP contribution is -2.43. The van der Waals surface area contributed by atoms with E-state index in [1.165, 1.54) is 0 Å². The van der Waals surface area contributed by atoms with E-state index in [0.29, 0.717) is 59.2 Å². The second-order valence-electron chi connectivity index (χ2n) is 15.5. The lowest BCUT2D eigenvalue weighted by Gasteiger charge is -2.35. The largest absolute Gasteiger partial charge is 0.494 e. The first kappa shape index (κ1) is 38.1. The molecule has 5 heterocycles. The van der Waals surface area contributed by atoms with Crippen LogP contribution in [0.2, 0.25) is 10.0 Å². The highest BCUT2D eigenvalue weighted by Gasteiger charge is 2.38. The quantitative estimate of drug-likeness (QED) is 0.139. The number of rotatable bonds is 10. The van der Waals surface area contributed by atoms with Crippen LogP contribution in [0.4, 0.5) is 5.69 Å². The smallest absolute Gasteiger partial charge is 0.337 e. The number of nitrogens with zero attached hydrogens (tertiary/aromatic N) is 5. The number of hydrogen-bond donors (Lipinski definition) is 1. The summed E-state index contributed by atoms with van der Waals surface area (Å²) >= 11 is 13.7. The van der Waals surface area contributed by atoms with Gasteiger partial charge >= 0.3 is 5.97 Å². The van der Waals surface area contributed by atoms with Crippen molar-refractivity contribution in [1.29, 1.82) is 0 Å². The molecule has 0 bridgehead atoms. The highest BCUT2D eigenvalue weighted by atomic mass is 35.5. The van der Waals surface area contributed by atoms with Gasteiger partial charge in [0.25, 0.3) is 5.91 Å². The van der Waals surface area contributed by atoms with Crippen LogP contribution in [0.25, 0.3) is 32.9 Å². The topological polar surface area (TPSA) is 104 Å². The zero-order valence-electron chi connectivity index (χ0n) is 32.7. The summed E-state index contributed by atoms with van der Waals surface area (Å²) in [4.78, 5) is 29.2. The molecule has 0 spiro atoms. The minimum atomic E-state index is -1.01. The normalized spacial score (nSPS) is 16.3. The molecular formula is C44H47Cl2N5O5. The lowest BCUT2D eigenvalue weighted by molar-refractivity contribution is 0.0599. The van der Waals surface area contributed by atoms with Gasteiger partial charge in [-0.15, -0.1) is 0 Å². The van der Waals surface area contributed by atoms with Crippen molar-refractivity contribution < 1.29 is 24.2 Å². The standard InChI is InChI=1S/C44H47Cl2N5O5/c1-24-19-30(20-25(2)39(24)46)56-16-8-10-31-33-12-13-35(45)38(37-27(4)47-50(28(37)5)22-29-14-17-55-18-15-29)41(33)51-26(3)21-49(43(52)42(31)51)36-11-7-9-32-34(44(53)54)23-48(6)40(32)36/h7,9,11-13,19-20,23,26,29H,8,10,14-18,21-22H2,1-6H3,(H,53,54). The second kappa shape index (κ2) is 15.0. The summed E-state index contributed by atoms with van der Waals surface area (Å²) in [6.45, 7) is 13.4. The number of aromatic carboxylic acids is 1. The number of benzene rings is 3. The van der Waals surface area contributed by atoms with E-state index in [-0.39, 0.29) is 17.5 Å². The molecule has 6 aromatic rings. The number of carboxylic acid groups (broad SMARTS) is 1. The summed E-state index contributed by atoms with van der Waals surface area (Å²) in [5.74, 6) is 0.0970. The first-order valence-electron chi connectivity index (χ1n) is 19.4. The molecule has 3 aromatic carbocycles. The molecule has 3 aromatic heterocycles. The molecule has 1 atom stereocenters. The van der Waals surface area contributed by atoms with Crippen molar-refractivity contribution in [3.8, 4) is 16.9 Å². The SMILES string of the molecule is Cc1cc(OCCCc2c3n(c4c(-c5c(C)nn(CC6CCOCC6)c5C)c(Cl)ccc24)C(C)CN(c2cccc4c(C(=O)O)cn(C)c24)C3=O)cc(C)c1Cl. The van der Waals surface area contributed by atoms with Crippen LogP contribution in [0.3, 0.4) is 0 Å². The van der Waals surface area contributed by atoms with Crippen LogP contribution in [-0.2, 0) is 24.8 Å². The van der Waals surface area contributed by atoms with E-state index in [1.54, 1.807) is 16.8 Å². The van der Waals surface area contributed by atoms with Crippen LogP contribution in [-0.4, -0.2) is 62.3 Å². The fourth-order valence-corrected chi connectivity index (χ4v) is 9.40. The van der Waals surface area contributed by atoms with Crippen molar-refractivity contribution in [1.82, 2.24) is 18.9 Å². The number of anilines is 1. The molecule has 1 saturated heterocycles. The van der Waals surface area contributed by atoms with Crippen LogP contribution >= 0.6 is 23.2 Å². The van der Waals surface area contributed by atoms with E-state index >= 15 is 4.79 Å². The number of amides is 1. The van der Waals surface area contributed by atoms with Gasteiger partial charge in [-0.3, -0.25) is 9.48 Å². The Hall–Kier alpha value is -4.77. The van der Waals surface area contributed by atoms with Crippen molar-refractivity contribution in [2.75, 3.05) is 31.3 Å². The van der Waals surface area contributed by atoms with Crippen molar-refractivity contribution in [2.45, 2.75) is 72.9 Å². The first-order valence-corrected chi connectivity index (χ1v) is 20.1. The predicted octanol–water partition coefficient (Wildman–Crippen LogP) is 9.89. The van der Waals surface area contributed by atoms with E-state index in [2.05, 4.69) is 23.1 Å². The molecular weight excluding hydrogens is 749 g/mol. The third-order valence-electron chi connectivity index (χ3n) is 11.7. The first-order chi connectivity index (χ1) is 26.8. The number of carbonyl (C=O) groups is 2. The third kappa shape index (κ3) is 6.45. The zero-order chi connectivity index (χ0) is 39.6. The molecule has 0 aliphatic carbocycles. The average molecular weight is 797 g/mol. The summed E-state index contributed by atoms with van der Waals surface area (Å²) in [5, 5.41) is 17.9. The number of carboxylic acids is 1. The van der Waals surface area contributed by atoms with E-state index < -0.39 is 5.97 Å². The fourth-order valence-electron chi connectivity index (χ4n) is 9.05. The molecule has 56 heavy (non-hydrogen) atoms. The fraction of sp³-hybridized carbons (Fsp3) is 0.386. The van der Waals surface area contributed by atoms with Gasteiger partial charge in [0.2, 0.25) is 0 Å². The summed E-state index contributed by atoms with van der Waals surface area (Å²) in [6.07, 6.45) is 4.86. The van der Waals surface area contributed by atoms with Crippen LogP contribution < -0.4 is 9.64 Å². The molecule has 2 aliphatic rings. The number of aryl methyl sites for hydroxylation is 5. The van der Waals surface area contributed by atoms with Crippen molar-refractivity contribution >= 4 is 62.6 Å². The van der Waals surface area contributed by atoms with Gasteiger partial charge in [-0.2, -0.15) is 5.10 Å². The molecule has 12 heteroatoms. The molecule has 1 N–H and O–H groups in total. The Morgan fingerprint density at radius 1 is 1.00 bits per heavy atom. The van der Waals surface area contributed by atoms with Gasteiger partial charge in [0.05, 0.1) is 39.6 Å². The number of hydrogen-bond acceptors (Lipinski definition) is 5. The minimum Gasteiger partial charge on any atom is -0.494 e. The van der Waals surface area contributed by atoms with Crippen LogP contribution in [0.5, 0.6) is 5.75 Å². The van der Waals surface area contributed by atoms with Gasteiger partial charge in [0, 0.05) is 78.2 Å². The van der Waals surface area contributed by atoms with Gasteiger partial charge in [-0.05, 0) is 107 Å². The Morgan fingerprint density at radius 3 is 2.45 bits per heavy atom. The van der Waals surface area contributed by atoms with Gasteiger partial charge in [0.1, 0.15) is 11.4 Å². The minimum absolute atomic E-state index is 0.143. The molecule has 0 radical (unpaired) electrons. The van der Waals surface area contributed by atoms with Crippen molar-refractivity contribution in [3.05, 3.63) is 98.0 Å². The summed E-state index contributed by atoms with van der Waals surface area (Å²) in [7, 11) is 1.82. The van der Waals surface area contributed by atoms with Gasteiger partial charge < -0.3 is 28.6 Å². The highest BCUT2D eigenvalue weighted by Crippen LogP contribution is 2.46. The summed E-state index contributed by atoms with van der Waals surface area (Å²) in [6, 6.07) is 13.3. The maximum Gasteiger partial charge on any atom is 0.337 e. The monoisotopic (exact) mass is 795 g/mol. The van der Waals surface area contributed by atoms with Gasteiger partial charge in [0.15, 0.2) is 0 Å². The Bertz CT molecular complexity index is 2520. The molecule has 1 amide bonds. The van der Waals surface area contributed by atoms with Gasteiger partial charge in [-0.25, -0.2) is 4.79 Å². The molecule has 8 rings (SSSR count). The highest BCUT2D eigenvalue weighted by molar-refractivity contribution is 6.35. The Morgan fingerprint density at radius 2 is 1.73 bits per heavy atom. The van der Waals surface area contributed by atoms with Gasteiger partial charge in [-0.1, -0.05) is 41.4 Å². The molecule has 1 unspecified atom stereocenters. The lowest BCUT2D eigenvalue weighted by atomic mass is 9.97. The molecule has 10 nitrogen and oxygen atoms in total. The molecule has 0 saturated carbocycles. The predicted molar refractivity (Wildman–Crippen MR) is 222 cm³/mol. The average Bonchev–Trinajstić information content (AvgIpc) is 3.79. The molecule has 1 fully saturated rings. The number of carbonyl (C=O) groups excluding carboxylic acids is 1. The molecule has 2 aliphatic heterocycles. The summed E-state index contributed by atoms with van der Waals surface area (Å²) < 4.78 is 18.0. The Labute approximate surface area is 336 Å². The number of halogens is 2. The molecule has 292 valence electrons. The maximum atomic E-state index is 15.2. The number of aromatic nitrogens is 4. The van der Waals surface area contributed by atoms with Crippen LogP contribution in [0.15, 0.2) is 48.7 Å². The third-order valence-corrected chi connectivity index (χ3v) is 12.6.